The molecule has 0 amide bonds. The fourth-order valence-electron chi connectivity index (χ4n) is 2.37. The van der Waals surface area contributed by atoms with Crippen LogP contribution in [-0.2, 0) is 0 Å². The van der Waals surface area contributed by atoms with Crippen LogP contribution in [0.25, 0.3) is 5.70 Å². The van der Waals surface area contributed by atoms with Gasteiger partial charge in [0.1, 0.15) is 11.9 Å². The molecule has 2 aromatic heterocycles. The Morgan fingerprint density at radius 2 is 2.10 bits per heavy atom. The molecule has 5 nitrogen and oxygen atoms in total. The van der Waals surface area contributed by atoms with Crippen molar-refractivity contribution in [2.75, 3.05) is 5.32 Å². The highest BCUT2D eigenvalue weighted by molar-refractivity contribution is 7.11. The van der Waals surface area contributed by atoms with E-state index >= 15 is 0 Å². The van der Waals surface area contributed by atoms with Crippen molar-refractivity contribution in [2.24, 2.45) is 0 Å². The number of hydrogen-bond acceptors (Lipinski definition) is 5. The number of aromatic nitrogens is 4. The normalized spacial score (nSPS) is 17.0. The Balaban J connectivity index is 1.87. The van der Waals surface area contributed by atoms with E-state index in [2.05, 4.69) is 20.8 Å². The van der Waals surface area contributed by atoms with Gasteiger partial charge in [-0.2, -0.15) is 4.68 Å². The second-order valence-corrected chi connectivity index (χ2v) is 5.54. The number of allylic oxidation sites excluding steroid dienone is 1. The van der Waals surface area contributed by atoms with E-state index in [9.17, 15) is 4.39 Å². The highest BCUT2D eigenvalue weighted by atomic mass is 32.1. The van der Waals surface area contributed by atoms with Crippen LogP contribution >= 0.6 is 11.3 Å². The quantitative estimate of drug-likeness (QED) is 0.790. The van der Waals surface area contributed by atoms with Crippen molar-refractivity contribution in [2.45, 2.75) is 6.04 Å². The summed E-state index contributed by atoms with van der Waals surface area (Å²) in [5.74, 6) is 0.238. The molecule has 0 saturated heterocycles. The van der Waals surface area contributed by atoms with Crippen molar-refractivity contribution in [1.29, 1.82) is 0 Å². The van der Waals surface area contributed by atoms with E-state index in [1.807, 2.05) is 29.7 Å². The summed E-state index contributed by atoms with van der Waals surface area (Å²) < 4.78 is 15.7. The van der Waals surface area contributed by atoms with Gasteiger partial charge < -0.3 is 5.32 Å². The number of hydrogen-bond donors (Lipinski definition) is 1. The van der Waals surface area contributed by atoms with Gasteiger partial charge in [-0.25, -0.2) is 4.39 Å². The molecule has 4 rings (SSSR count). The van der Waals surface area contributed by atoms with Crippen molar-refractivity contribution < 1.29 is 4.39 Å². The Morgan fingerprint density at radius 1 is 1.19 bits per heavy atom. The summed E-state index contributed by atoms with van der Waals surface area (Å²) in [5.41, 5.74) is 1.43. The average molecular weight is 299 g/mol. The molecule has 0 fully saturated rings. The highest BCUT2D eigenvalue weighted by Crippen LogP contribution is 2.33. The van der Waals surface area contributed by atoms with Crippen molar-refractivity contribution in [1.82, 2.24) is 20.2 Å². The molecule has 0 saturated carbocycles. The fraction of sp³-hybridized carbons (Fsp3) is 0.0714. The lowest BCUT2D eigenvalue weighted by atomic mass is 10.0. The van der Waals surface area contributed by atoms with Crippen LogP contribution in [-0.4, -0.2) is 20.2 Å². The van der Waals surface area contributed by atoms with Crippen LogP contribution in [0, 0.1) is 5.82 Å². The van der Waals surface area contributed by atoms with Gasteiger partial charge in [-0.1, -0.05) is 29.4 Å². The number of benzene rings is 1. The largest absolute Gasteiger partial charge is 0.322 e. The molecular formula is C14H10FN5S. The first-order valence-electron chi connectivity index (χ1n) is 6.38. The van der Waals surface area contributed by atoms with E-state index in [0.717, 1.165) is 10.6 Å². The number of tetrazole rings is 1. The van der Waals surface area contributed by atoms with Gasteiger partial charge in [0.15, 0.2) is 0 Å². The lowest BCUT2D eigenvalue weighted by Crippen LogP contribution is -2.20. The zero-order valence-corrected chi connectivity index (χ0v) is 11.6. The number of nitrogens with zero attached hydrogens (tertiary/aromatic N) is 4. The van der Waals surface area contributed by atoms with Gasteiger partial charge in [0.05, 0.1) is 10.6 Å². The molecule has 7 heteroatoms. The number of halogens is 1. The first kappa shape index (κ1) is 12.2. The number of thiophene rings is 1. The topological polar surface area (TPSA) is 55.6 Å². The third kappa shape index (κ3) is 2.02. The van der Waals surface area contributed by atoms with Crippen LogP contribution in [0.3, 0.4) is 0 Å². The van der Waals surface area contributed by atoms with Crippen LogP contribution < -0.4 is 5.32 Å². The molecule has 0 spiro atoms. The molecule has 1 atom stereocenters. The Morgan fingerprint density at radius 3 is 2.90 bits per heavy atom. The lowest BCUT2D eigenvalue weighted by Gasteiger charge is -2.23. The van der Waals surface area contributed by atoms with Gasteiger partial charge in [-0.15, -0.1) is 11.3 Å². The van der Waals surface area contributed by atoms with Gasteiger partial charge in [0.25, 0.3) is 0 Å². The van der Waals surface area contributed by atoms with Gasteiger partial charge >= 0.3 is 0 Å². The summed E-state index contributed by atoms with van der Waals surface area (Å²) in [6.45, 7) is 0. The lowest BCUT2D eigenvalue weighted by molar-refractivity contribution is 0.540. The summed E-state index contributed by atoms with van der Waals surface area (Å²) in [4.78, 5) is 1.06. The minimum Gasteiger partial charge on any atom is -0.322 e. The minimum atomic E-state index is -0.366. The number of rotatable bonds is 2. The van der Waals surface area contributed by atoms with E-state index in [1.54, 1.807) is 28.2 Å². The van der Waals surface area contributed by atoms with E-state index in [0.29, 0.717) is 11.5 Å². The van der Waals surface area contributed by atoms with Gasteiger partial charge in [-0.3, -0.25) is 0 Å². The predicted octanol–water partition coefficient (Wildman–Crippen LogP) is 2.93. The summed E-state index contributed by atoms with van der Waals surface area (Å²) in [5, 5.41) is 16.8. The molecule has 1 N–H and O–H groups in total. The first-order chi connectivity index (χ1) is 10.3. The van der Waals surface area contributed by atoms with Crippen LogP contribution in [0.5, 0.6) is 0 Å². The second-order valence-electron chi connectivity index (χ2n) is 4.60. The second kappa shape index (κ2) is 4.78. The monoisotopic (exact) mass is 299 g/mol. The van der Waals surface area contributed by atoms with E-state index in [1.165, 1.54) is 6.07 Å². The smallest absolute Gasteiger partial charge is 0.248 e. The maximum Gasteiger partial charge on any atom is 0.248 e. The molecule has 21 heavy (non-hydrogen) atoms. The number of nitrogens with one attached hydrogen (secondary N) is 1. The zero-order chi connectivity index (χ0) is 14.2. The molecule has 1 aliphatic heterocycles. The Bertz CT molecular complexity index is 808. The molecule has 104 valence electrons. The predicted molar refractivity (Wildman–Crippen MR) is 78.3 cm³/mol. The molecule has 3 heterocycles. The molecule has 3 aromatic rings. The summed E-state index contributed by atoms with van der Waals surface area (Å²) in [6.07, 6.45) is 1.94. The average Bonchev–Trinajstić information content (AvgIpc) is 3.18. The molecule has 0 radical (unpaired) electrons. The first-order valence-corrected chi connectivity index (χ1v) is 7.26. The summed E-state index contributed by atoms with van der Waals surface area (Å²) in [7, 11) is 0. The molecule has 1 aromatic carbocycles. The summed E-state index contributed by atoms with van der Waals surface area (Å²) >= 11 is 1.61. The standard InChI is InChI=1S/C14H10FN5S/c15-10-5-2-1-4-9(10)12-8-11(13-6-3-7-21-13)16-14-17-18-19-20(12)14/h1-8,12H,(H,16,17,19)/t12-/m0/s1. The van der Waals surface area contributed by atoms with Crippen molar-refractivity contribution in [3.63, 3.8) is 0 Å². The number of fused-ring (bicyclic) bond motifs is 1. The van der Waals surface area contributed by atoms with Crippen molar-refractivity contribution >= 4 is 23.0 Å². The van der Waals surface area contributed by atoms with Gasteiger partial charge in [0, 0.05) is 5.56 Å². The minimum absolute atomic E-state index is 0.271. The third-order valence-corrected chi connectivity index (χ3v) is 4.24. The van der Waals surface area contributed by atoms with Crippen molar-refractivity contribution in [3.8, 4) is 0 Å². The van der Waals surface area contributed by atoms with Crippen LogP contribution in [0.1, 0.15) is 16.5 Å². The van der Waals surface area contributed by atoms with Crippen molar-refractivity contribution in [3.05, 3.63) is 64.1 Å². The molecule has 0 aliphatic carbocycles. The molecule has 1 aliphatic rings. The molecule has 0 bridgehead atoms. The van der Waals surface area contributed by atoms with E-state index < -0.39 is 0 Å². The maximum absolute atomic E-state index is 14.1. The van der Waals surface area contributed by atoms with Gasteiger partial charge in [-0.05, 0) is 34.0 Å². The third-order valence-electron chi connectivity index (χ3n) is 3.34. The Kier molecular flexibility index (Phi) is 2.78. The van der Waals surface area contributed by atoms with Crippen LogP contribution in [0.4, 0.5) is 10.3 Å². The SMILES string of the molecule is Fc1ccccc1[C@@H]1C=C(c2cccs2)Nc2nnnn21. The molecule has 0 unspecified atom stereocenters. The van der Waals surface area contributed by atoms with E-state index in [-0.39, 0.29) is 11.9 Å². The zero-order valence-electron chi connectivity index (χ0n) is 10.8. The van der Waals surface area contributed by atoms with Crippen LogP contribution in [0.15, 0.2) is 47.9 Å². The van der Waals surface area contributed by atoms with Crippen LogP contribution in [0.2, 0.25) is 0 Å². The molecular weight excluding hydrogens is 289 g/mol. The van der Waals surface area contributed by atoms with Gasteiger partial charge in [0.2, 0.25) is 5.95 Å². The maximum atomic E-state index is 14.1. The Labute approximate surface area is 123 Å². The highest BCUT2D eigenvalue weighted by Gasteiger charge is 2.26. The fourth-order valence-corrected chi connectivity index (χ4v) is 3.07. The summed E-state index contributed by atoms with van der Waals surface area (Å²) in [6, 6.07) is 10.3. The Hall–Kier alpha value is -2.54. The van der Waals surface area contributed by atoms with E-state index in [4.69, 9.17) is 0 Å². The number of anilines is 1.